The molecule has 4 heteroatoms. The molecule has 0 N–H and O–H groups in total. The summed E-state index contributed by atoms with van der Waals surface area (Å²) in [6.45, 7) is 0. The standard InChI is InChI=1S/C8H5BrN2O/c9-6-4-11-8(12)7-5(6)2-1-3-10-7/h1-4,6H. The summed E-state index contributed by atoms with van der Waals surface area (Å²) in [5.74, 6) is -0.263. The highest BCUT2D eigenvalue weighted by Gasteiger charge is 2.20. The maximum atomic E-state index is 11.1. The minimum Gasteiger partial charge on any atom is -0.265 e. The van der Waals surface area contributed by atoms with Crippen molar-refractivity contribution in [2.45, 2.75) is 4.83 Å². The number of hydrogen-bond donors (Lipinski definition) is 0. The van der Waals surface area contributed by atoms with Gasteiger partial charge in [-0.2, -0.15) is 0 Å². The SMILES string of the molecule is O=C1N=CC(Br)c2cccnc21. The fourth-order valence-corrected chi connectivity index (χ4v) is 1.58. The second-order valence-corrected chi connectivity index (χ2v) is 3.41. The molecule has 1 aliphatic heterocycles. The average molecular weight is 225 g/mol. The quantitative estimate of drug-likeness (QED) is 0.631. The molecule has 0 bridgehead atoms. The predicted octanol–water partition coefficient (Wildman–Crippen LogP) is 1.74. The topological polar surface area (TPSA) is 42.3 Å². The van der Waals surface area contributed by atoms with Gasteiger partial charge in [-0.25, -0.2) is 4.99 Å². The Kier molecular flexibility index (Phi) is 1.77. The molecule has 0 fully saturated rings. The Morgan fingerprint density at radius 2 is 2.33 bits per heavy atom. The van der Waals surface area contributed by atoms with Crippen LogP contribution >= 0.6 is 15.9 Å². The summed E-state index contributed by atoms with van der Waals surface area (Å²) in [6.07, 6.45) is 3.17. The van der Waals surface area contributed by atoms with E-state index in [-0.39, 0.29) is 10.7 Å². The molecule has 0 saturated heterocycles. The van der Waals surface area contributed by atoms with Gasteiger partial charge in [-0.1, -0.05) is 22.0 Å². The number of fused-ring (bicyclic) bond motifs is 1. The van der Waals surface area contributed by atoms with Gasteiger partial charge in [-0.05, 0) is 6.07 Å². The van der Waals surface area contributed by atoms with Crippen LogP contribution in [0.1, 0.15) is 20.9 Å². The first-order chi connectivity index (χ1) is 5.79. The third kappa shape index (κ3) is 1.08. The summed E-state index contributed by atoms with van der Waals surface area (Å²) in [5.41, 5.74) is 1.33. The second-order valence-electron chi connectivity index (χ2n) is 2.43. The Bertz CT molecular complexity index is 362. The zero-order chi connectivity index (χ0) is 8.55. The van der Waals surface area contributed by atoms with E-state index in [0.29, 0.717) is 5.69 Å². The Labute approximate surface area is 77.7 Å². The lowest BCUT2D eigenvalue weighted by Gasteiger charge is -2.11. The zero-order valence-electron chi connectivity index (χ0n) is 6.07. The molecular formula is C8H5BrN2O. The summed E-state index contributed by atoms with van der Waals surface area (Å²) in [4.78, 5) is 18.8. The van der Waals surface area contributed by atoms with Crippen LogP contribution in [0.2, 0.25) is 0 Å². The lowest BCUT2D eigenvalue weighted by Crippen LogP contribution is -2.11. The van der Waals surface area contributed by atoms with Gasteiger partial charge in [-0.3, -0.25) is 9.78 Å². The third-order valence-electron chi connectivity index (χ3n) is 1.66. The monoisotopic (exact) mass is 224 g/mol. The van der Waals surface area contributed by atoms with Crippen molar-refractivity contribution >= 4 is 28.1 Å². The van der Waals surface area contributed by atoms with Gasteiger partial charge in [0.2, 0.25) is 0 Å². The minimum absolute atomic E-state index is 0.0129. The number of amides is 1. The lowest BCUT2D eigenvalue weighted by molar-refractivity contribution is 0.0996. The fourth-order valence-electron chi connectivity index (χ4n) is 1.09. The molecule has 3 nitrogen and oxygen atoms in total. The number of aromatic nitrogens is 1. The number of carbonyl (C=O) groups is 1. The van der Waals surface area contributed by atoms with E-state index in [4.69, 9.17) is 0 Å². The molecule has 0 aromatic carbocycles. The average Bonchev–Trinajstić information content (AvgIpc) is 2.12. The highest BCUT2D eigenvalue weighted by molar-refractivity contribution is 9.09. The first-order valence-electron chi connectivity index (χ1n) is 3.46. The van der Waals surface area contributed by atoms with Crippen LogP contribution in [0.4, 0.5) is 0 Å². The molecule has 1 aromatic heterocycles. The number of carbonyl (C=O) groups excluding carboxylic acids is 1. The van der Waals surface area contributed by atoms with Crippen LogP contribution in [0, 0.1) is 0 Å². The van der Waals surface area contributed by atoms with E-state index >= 15 is 0 Å². The van der Waals surface area contributed by atoms with Gasteiger partial charge in [0, 0.05) is 18.0 Å². The van der Waals surface area contributed by atoms with E-state index in [0.717, 1.165) is 5.56 Å². The smallest absolute Gasteiger partial charge is 0.265 e. The summed E-state index contributed by atoms with van der Waals surface area (Å²) in [6, 6.07) is 3.67. The van der Waals surface area contributed by atoms with Crippen molar-refractivity contribution in [3.8, 4) is 0 Å². The van der Waals surface area contributed by atoms with E-state index in [1.165, 1.54) is 0 Å². The summed E-state index contributed by atoms with van der Waals surface area (Å²) in [5, 5.41) is 0. The number of halogens is 1. The van der Waals surface area contributed by atoms with Crippen molar-refractivity contribution in [2.24, 2.45) is 4.99 Å². The van der Waals surface area contributed by atoms with E-state index in [1.807, 2.05) is 6.07 Å². The van der Waals surface area contributed by atoms with Gasteiger partial charge in [-0.15, -0.1) is 0 Å². The fraction of sp³-hybridized carbons (Fsp3) is 0.125. The number of rotatable bonds is 0. The molecule has 0 radical (unpaired) electrons. The molecular weight excluding hydrogens is 220 g/mol. The Hall–Kier alpha value is -1.03. The van der Waals surface area contributed by atoms with Crippen LogP contribution in [-0.2, 0) is 0 Å². The van der Waals surface area contributed by atoms with Crippen molar-refractivity contribution in [3.05, 3.63) is 29.6 Å². The third-order valence-corrected chi connectivity index (χ3v) is 2.39. The minimum atomic E-state index is -0.263. The van der Waals surface area contributed by atoms with Crippen molar-refractivity contribution < 1.29 is 4.79 Å². The number of nitrogens with zero attached hydrogens (tertiary/aromatic N) is 2. The highest BCUT2D eigenvalue weighted by Crippen LogP contribution is 2.26. The molecule has 2 heterocycles. The van der Waals surface area contributed by atoms with Crippen molar-refractivity contribution in [1.82, 2.24) is 4.98 Å². The largest absolute Gasteiger partial charge is 0.295 e. The van der Waals surface area contributed by atoms with Gasteiger partial charge < -0.3 is 0 Å². The number of hydrogen-bond acceptors (Lipinski definition) is 2. The molecule has 1 amide bonds. The lowest BCUT2D eigenvalue weighted by atomic mass is 10.1. The van der Waals surface area contributed by atoms with Crippen LogP contribution in [0.25, 0.3) is 0 Å². The molecule has 0 aliphatic carbocycles. The predicted molar refractivity (Wildman–Crippen MR) is 48.7 cm³/mol. The highest BCUT2D eigenvalue weighted by atomic mass is 79.9. The molecule has 60 valence electrons. The molecule has 12 heavy (non-hydrogen) atoms. The Morgan fingerprint density at radius 3 is 3.08 bits per heavy atom. The van der Waals surface area contributed by atoms with E-state index in [2.05, 4.69) is 25.9 Å². The molecule has 0 spiro atoms. The first-order valence-corrected chi connectivity index (χ1v) is 4.38. The van der Waals surface area contributed by atoms with Crippen LogP contribution in [-0.4, -0.2) is 17.1 Å². The number of alkyl halides is 1. The van der Waals surface area contributed by atoms with Gasteiger partial charge in [0.25, 0.3) is 5.91 Å². The number of pyridine rings is 1. The van der Waals surface area contributed by atoms with Crippen molar-refractivity contribution in [1.29, 1.82) is 0 Å². The van der Waals surface area contributed by atoms with E-state index in [9.17, 15) is 4.79 Å². The van der Waals surface area contributed by atoms with Crippen LogP contribution < -0.4 is 0 Å². The molecule has 2 rings (SSSR count). The molecule has 1 atom stereocenters. The van der Waals surface area contributed by atoms with Crippen LogP contribution in [0.15, 0.2) is 23.3 Å². The normalized spacial score (nSPS) is 20.8. The Balaban J connectivity index is 2.61. The maximum absolute atomic E-state index is 11.1. The molecule has 1 aromatic rings. The maximum Gasteiger partial charge on any atom is 0.295 e. The zero-order valence-corrected chi connectivity index (χ0v) is 7.65. The van der Waals surface area contributed by atoms with Gasteiger partial charge in [0.05, 0.1) is 4.83 Å². The summed E-state index contributed by atoms with van der Waals surface area (Å²) >= 11 is 3.37. The van der Waals surface area contributed by atoms with Crippen molar-refractivity contribution in [2.75, 3.05) is 0 Å². The van der Waals surface area contributed by atoms with Gasteiger partial charge in [0.1, 0.15) is 5.69 Å². The first kappa shape index (κ1) is 7.61. The second kappa shape index (κ2) is 2.79. The number of aliphatic imine (C=N–C) groups is 1. The molecule has 1 unspecified atom stereocenters. The van der Waals surface area contributed by atoms with Crippen LogP contribution in [0.3, 0.4) is 0 Å². The van der Waals surface area contributed by atoms with Crippen LogP contribution in [0.5, 0.6) is 0 Å². The van der Waals surface area contributed by atoms with E-state index < -0.39 is 0 Å². The molecule has 1 aliphatic rings. The summed E-state index contributed by atoms with van der Waals surface area (Å²) < 4.78 is 0. The van der Waals surface area contributed by atoms with Gasteiger partial charge >= 0.3 is 0 Å². The van der Waals surface area contributed by atoms with E-state index in [1.54, 1.807) is 18.5 Å². The van der Waals surface area contributed by atoms with Gasteiger partial charge in [0.15, 0.2) is 0 Å². The Morgan fingerprint density at radius 1 is 1.50 bits per heavy atom. The van der Waals surface area contributed by atoms with Crippen molar-refractivity contribution in [3.63, 3.8) is 0 Å². The summed E-state index contributed by atoms with van der Waals surface area (Å²) in [7, 11) is 0. The molecule has 0 saturated carbocycles.